The molecule has 1 amide bonds. The van der Waals surface area contributed by atoms with Crippen molar-refractivity contribution in [1.29, 1.82) is 0 Å². The number of thiazole rings is 1. The van der Waals surface area contributed by atoms with Crippen molar-refractivity contribution in [1.82, 2.24) is 10.3 Å². The summed E-state index contributed by atoms with van der Waals surface area (Å²) < 4.78 is 0. The molecule has 0 aliphatic heterocycles. The quantitative estimate of drug-likeness (QED) is 0.855. The van der Waals surface area contributed by atoms with Crippen LogP contribution >= 0.6 is 11.3 Å². The van der Waals surface area contributed by atoms with Gasteiger partial charge < -0.3 is 10.4 Å². The van der Waals surface area contributed by atoms with Crippen LogP contribution in [0.25, 0.3) is 0 Å². The standard InChI is InChI=1S/C12H18N2O3S/c1-6(2)5-9-10(18-8(4)14-9)11(15)13-7(3)12(16)17/h6-7H,5H2,1-4H3,(H,13,15)(H,16,17). The molecule has 18 heavy (non-hydrogen) atoms. The van der Waals surface area contributed by atoms with Crippen LogP contribution in [0.2, 0.25) is 0 Å². The molecule has 5 nitrogen and oxygen atoms in total. The number of carboxylic acids is 1. The van der Waals surface area contributed by atoms with Crippen molar-refractivity contribution in [2.24, 2.45) is 5.92 Å². The lowest BCUT2D eigenvalue weighted by Gasteiger charge is -2.09. The zero-order chi connectivity index (χ0) is 13.9. The molecular weight excluding hydrogens is 252 g/mol. The van der Waals surface area contributed by atoms with Gasteiger partial charge >= 0.3 is 5.97 Å². The van der Waals surface area contributed by atoms with Crippen LogP contribution in [0.4, 0.5) is 0 Å². The summed E-state index contributed by atoms with van der Waals surface area (Å²) >= 11 is 1.30. The molecule has 1 rings (SSSR count). The zero-order valence-corrected chi connectivity index (χ0v) is 11.8. The molecule has 0 aromatic carbocycles. The number of carboxylic acid groups (broad SMARTS) is 1. The summed E-state index contributed by atoms with van der Waals surface area (Å²) in [6, 6.07) is -0.896. The third-order valence-corrected chi connectivity index (χ3v) is 3.34. The zero-order valence-electron chi connectivity index (χ0n) is 11.0. The molecule has 0 radical (unpaired) electrons. The van der Waals surface area contributed by atoms with Crippen molar-refractivity contribution in [3.05, 3.63) is 15.6 Å². The second-order valence-electron chi connectivity index (χ2n) is 4.64. The Balaban J connectivity index is 2.88. The van der Waals surface area contributed by atoms with Gasteiger partial charge in [0.2, 0.25) is 0 Å². The maximum atomic E-state index is 12.0. The molecule has 1 heterocycles. The van der Waals surface area contributed by atoms with E-state index in [1.165, 1.54) is 18.3 Å². The van der Waals surface area contributed by atoms with Crippen LogP contribution in [-0.2, 0) is 11.2 Å². The average Bonchev–Trinajstić information content (AvgIpc) is 2.58. The Morgan fingerprint density at radius 2 is 2.00 bits per heavy atom. The van der Waals surface area contributed by atoms with Crippen molar-refractivity contribution in [3.8, 4) is 0 Å². The van der Waals surface area contributed by atoms with E-state index in [1.807, 2.05) is 6.92 Å². The molecular formula is C12H18N2O3S. The normalized spacial score (nSPS) is 12.5. The largest absolute Gasteiger partial charge is 0.480 e. The van der Waals surface area contributed by atoms with Gasteiger partial charge in [-0.15, -0.1) is 11.3 Å². The van der Waals surface area contributed by atoms with Gasteiger partial charge in [-0.25, -0.2) is 4.98 Å². The number of aryl methyl sites for hydroxylation is 1. The summed E-state index contributed by atoms with van der Waals surface area (Å²) in [4.78, 5) is 27.5. The van der Waals surface area contributed by atoms with E-state index in [0.29, 0.717) is 17.2 Å². The van der Waals surface area contributed by atoms with E-state index in [-0.39, 0.29) is 5.91 Å². The van der Waals surface area contributed by atoms with E-state index in [1.54, 1.807) is 0 Å². The van der Waals surface area contributed by atoms with Crippen LogP contribution in [0.1, 0.15) is 41.1 Å². The molecule has 0 fully saturated rings. The molecule has 6 heteroatoms. The number of carbonyl (C=O) groups is 2. The lowest BCUT2D eigenvalue weighted by atomic mass is 10.1. The van der Waals surface area contributed by atoms with Gasteiger partial charge in [-0.05, 0) is 26.2 Å². The maximum absolute atomic E-state index is 12.0. The van der Waals surface area contributed by atoms with Crippen LogP contribution in [0, 0.1) is 12.8 Å². The molecule has 0 bridgehead atoms. The third-order valence-electron chi connectivity index (χ3n) is 2.33. The highest BCUT2D eigenvalue weighted by molar-refractivity contribution is 7.13. The van der Waals surface area contributed by atoms with Gasteiger partial charge in [0, 0.05) is 0 Å². The van der Waals surface area contributed by atoms with Gasteiger partial charge in [-0.2, -0.15) is 0 Å². The van der Waals surface area contributed by atoms with Crippen LogP contribution in [0.3, 0.4) is 0 Å². The topological polar surface area (TPSA) is 79.3 Å². The van der Waals surface area contributed by atoms with E-state index in [9.17, 15) is 9.59 Å². The van der Waals surface area contributed by atoms with Crippen molar-refractivity contribution >= 4 is 23.2 Å². The Bertz CT molecular complexity index is 454. The molecule has 2 N–H and O–H groups in total. The summed E-state index contributed by atoms with van der Waals surface area (Å²) in [5.74, 6) is -1.00. The summed E-state index contributed by atoms with van der Waals surface area (Å²) in [5.41, 5.74) is 0.752. The second kappa shape index (κ2) is 5.95. The van der Waals surface area contributed by atoms with E-state index in [4.69, 9.17) is 5.11 Å². The maximum Gasteiger partial charge on any atom is 0.325 e. The number of nitrogens with zero attached hydrogens (tertiary/aromatic N) is 1. The molecule has 1 aromatic heterocycles. The van der Waals surface area contributed by atoms with Gasteiger partial charge in [0.15, 0.2) is 0 Å². The molecule has 1 atom stereocenters. The number of hydrogen-bond acceptors (Lipinski definition) is 4. The van der Waals surface area contributed by atoms with Gasteiger partial charge in [0.05, 0.1) is 10.7 Å². The number of hydrogen-bond donors (Lipinski definition) is 2. The van der Waals surface area contributed by atoms with E-state index in [2.05, 4.69) is 24.1 Å². The number of carbonyl (C=O) groups excluding carboxylic acids is 1. The number of aromatic nitrogens is 1. The smallest absolute Gasteiger partial charge is 0.325 e. The summed E-state index contributed by atoms with van der Waals surface area (Å²) in [7, 11) is 0. The molecule has 0 aliphatic rings. The Hall–Kier alpha value is -1.43. The first-order valence-corrected chi connectivity index (χ1v) is 6.63. The molecule has 1 unspecified atom stereocenters. The fourth-order valence-corrected chi connectivity index (χ4v) is 2.35. The number of amides is 1. The molecule has 1 aromatic rings. The van der Waals surface area contributed by atoms with E-state index in [0.717, 1.165) is 10.7 Å². The van der Waals surface area contributed by atoms with Crippen LogP contribution in [0.5, 0.6) is 0 Å². The first-order chi connectivity index (χ1) is 8.31. The van der Waals surface area contributed by atoms with Crippen LogP contribution < -0.4 is 5.32 Å². The van der Waals surface area contributed by atoms with Crippen molar-refractivity contribution in [2.45, 2.75) is 40.2 Å². The molecule has 0 aliphatic carbocycles. The lowest BCUT2D eigenvalue weighted by Crippen LogP contribution is -2.38. The van der Waals surface area contributed by atoms with Crippen molar-refractivity contribution in [3.63, 3.8) is 0 Å². The minimum Gasteiger partial charge on any atom is -0.480 e. The highest BCUT2D eigenvalue weighted by atomic mass is 32.1. The van der Waals surface area contributed by atoms with E-state index >= 15 is 0 Å². The summed E-state index contributed by atoms with van der Waals surface area (Å²) in [5, 5.41) is 12.0. The van der Waals surface area contributed by atoms with Crippen LogP contribution in [-0.4, -0.2) is 28.0 Å². The molecule has 0 spiro atoms. The highest BCUT2D eigenvalue weighted by Gasteiger charge is 2.21. The van der Waals surface area contributed by atoms with Gasteiger partial charge in [0.1, 0.15) is 10.9 Å². The minimum absolute atomic E-state index is 0.355. The fourth-order valence-electron chi connectivity index (χ4n) is 1.50. The number of nitrogens with one attached hydrogen (secondary N) is 1. The van der Waals surface area contributed by atoms with Crippen LogP contribution in [0.15, 0.2) is 0 Å². The number of aliphatic carboxylic acids is 1. The van der Waals surface area contributed by atoms with Gasteiger partial charge in [0.25, 0.3) is 5.91 Å². The lowest BCUT2D eigenvalue weighted by molar-refractivity contribution is -0.138. The second-order valence-corrected chi connectivity index (χ2v) is 5.84. The molecule has 0 saturated carbocycles. The summed E-state index contributed by atoms with van der Waals surface area (Å²) in [6.07, 6.45) is 0.717. The predicted octanol–water partition coefficient (Wildman–Crippen LogP) is 1.85. The predicted molar refractivity (Wildman–Crippen MR) is 70.0 cm³/mol. The first-order valence-electron chi connectivity index (χ1n) is 5.81. The fraction of sp³-hybridized carbons (Fsp3) is 0.583. The van der Waals surface area contributed by atoms with Crippen molar-refractivity contribution in [2.75, 3.05) is 0 Å². The SMILES string of the molecule is Cc1nc(CC(C)C)c(C(=O)NC(C)C(=O)O)s1. The Morgan fingerprint density at radius 3 is 2.50 bits per heavy atom. The van der Waals surface area contributed by atoms with E-state index < -0.39 is 12.0 Å². The third kappa shape index (κ3) is 3.80. The Labute approximate surface area is 110 Å². The minimum atomic E-state index is -1.05. The Morgan fingerprint density at radius 1 is 1.39 bits per heavy atom. The van der Waals surface area contributed by atoms with Crippen molar-refractivity contribution < 1.29 is 14.7 Å². The number of rotatable bonds is 5. The Kier molecular flexibility index (Phi) is 4.84. The average molecular weight is 270 g/mol. The van der Waals surface area contributed by atoms with Gasteiger partial charge in [-0.3, -0.25) is 9.59 Å². The molecule has 0 saturated heterocycles. The van der Waals surface area contributed by atoms with Gasteiger partial charge in [-0.1, -0.05) is 13.8 Å². The monoisotopic (exact) mass is 270 g/mol. The molecule has 100 valence electrons. The summed E-state index contributed by atoms with van der Waals surface area (Å²) in [6.45, 7) is 7.38. The highest BCUT2D eigenvalue weighted by Crippen LogP contribution is 2.20. The first kappa shape index (κ1) is 14.6.